The Hall–Kier alpha value is -3.42. The minimum absolute atomic E-state index is 0.000439. The molecule has 2 aliphatic rings. The minimum Gasteiger partial charge on any atom is -0.0623 e. The van der Waals surface area contributed by atoms with Gasteiger partial charge in [0.05, 0.1) is 0 Å². The van der Waals surface area contributed by atoms with Gasteiger partial charge in [0.2, 0.25) is 0 Å². The Kier molecular flexibility index (Phi) is 3.23. The molecule has 0 atom stereocenters. The quantitative estimate of drug-likeness (QED) is 0.164. The molecule has 0 spiro atoms. The van der Waals surface area contributed by atoms with Crippen molar-refractivity contribution in [2.24, 2.45) is 0 Å². The smallest absolute Gasteiger partial charge is 0.0623 e. The Bertz CT molecular complexity index is 1710. The zero-order valence-electron chi connectivity index (χ0n) is 20.1. The maximum Gasteiger partial charge on any atom is 0.114 e. The molecule has 0 N–H and O–H groups in total. The van der Waals surface area contributed by atoms with Crippen LogP contribution in [0, 0.1) is 0 Å². The highest BCUT2D eigenvalue weighted by Crippen LogP contribution is 2.53. The summed E-state index contributed by atoms with van der Waals surface area (Å²) in [5.41, 5.74) is 8.69. The third kappa shape index (κ3) is 1.99. The fourth-order valence-electron chi connectivity index (χ4n) is 7.52. The van der Waals surface area contributed by atoms with Crippen LogP contribution in [0.15, 0.2) is 84.9 Å². The molecule has 0 saturated heterocycles. The van der Waals surface area contributed by atoms with E-state index in [9.17, 15) is 0 Å². The van der Waals surface area contributed by atoms with E-state index in [4.69, 9.17) is 0 Å². The van der Waals surface area contributed by atoms with Crippen molar-refractivity contribution in [3.8, 4) is 22.3 Å². The first-order valence-corrected chi connectivity index (χ1v) is 15.4. The lowest BCUT2D eigenvalue weighted by Gasteiger charge is -2.26. The molecule has 6 aromatic carbocycles. The van der Waals surface area contributed by atoms with Crippen molar-refractivity contribution >= 4 is 50.8 Å². The van der Waals surface area contributed by atoms with Gasteiger partial charge in [-0.15, -0.1) is 0 Å². The summed E-state index contributed by atoms with van der Waals surface area (Å²) in [6.07, 6.45) is 0. The summed E-state index contributed by atoms with van der Waals surface area (Å²) in [6, 6.07) is 32.7. The molecule has 0 amide bonds. The van der Waals surface area contributed by atoms with Gasteiger partial charge in [-0.1, -0.05) is 99.7 Å². The van der Waals surface area contributed by atoms with E-state index < -0.39 is 8.07 Å². The number of rotatable bonds is 0. The third-order valence-electron chi connectivity index (χ3n) is 8.93. The van der Waals surface area contributed by atoms with Crippen molar-refractivity contribution in [2.75, 3.05) is 0 Å². The molecule has 0 fully saturated rings. The second-order valence-corrected chi connectivity index (χ2v) is 15.7. The van der Waals surface area contributed by atoms with E-state index in [2.05, 4.69) is 112 Å². The molecule has 6 aromatic rings. The molecule has 0 nitrogen and oxygen atoms in total. The maximum absolute atomic E-state index is 2.53. The standard InChI is InChI=1S/C33H26Si/c1-33(2)27-11-7-5-9-21(27)25-17-19-13-14-20-18-26-22-10-6-8-12-28(22)34(3,4)32(26)24-16-15-23(31(25)33)29(19)30(20)24/h5-18H,1-4H3. The van der Waals surface area contributed by atoms with Crippen molar-refractivity contribution in [1.29, 1.82) is 0 Å². The van der Waals surface area contributed by atoms with Crippen LogP contribution in [0.4, 0.5) is 0 Å². The largest absolute Gasteiger partial charge is 0.114 e. The molecule has 1 heterocycles. The van der Waals surface area contributed by atoms with E-state index in [1.165, 1.54) is 65.7 Å². The summed E-state index contributed by atoms with van der Waals surface area (Å²) >= 11 is 0. The summed E-state index contributed by atoms with van der Waals surface area (Å²) in [6.45, 7) is 9.87. The predicted molar refractivity (Wildman–Crippen MR) is 150 cm³/mol. The summed E-state index contributed by atoms with van der Waals surface area (Å²) in [5, 5.41) is 11.8. The number of benzene rings is 6. The van der Waals surface area contributed by atoms with Crippen molar-refractivity contribution in [2.45, 2.75) is 32.4 Å². The van der Waals surface area contributed by atoms with Gasteiger partial charge >= 0.3 is 0 Å². The molecule has 0 saturated carbocycles. The topological polar surface area (TPSA) is 0 Å². The minimum atomic E-state index is -1.77. The van der Waals surface area contributed by atoms with Crippen LogP contribution in [0.25, 0.3) is 54.6 Å². The molecular weight excluding hydrogens is 424 g/mol. The van der Waals surface area contributed by atoms with Gasteiger partial charge < -0.3 is 0 Å². The Morgan fingerprint density at radius 1 is 0.588 bits per heavy atom. The van der Waals surface area contributed by atoms with Crippen LogP contribution >= 0.6 is 0 Å². The molecule has 1 aliphatic heterocycles. The lowest BCUT2D eigenvalue weighted by molar-refractivity contribution is 0.666. The van der Waals surface area contributed by atoms with Crippen molar-refractivity contribution < 1.29 is 0 Å². The van der Waals surface area contributed by atoms with Crippen LogP contribution in [-0.2, 0) is 5.41 Å². The van der Waals surface area contributed by atoms with Gasteiger partial charge in [-0.2, -0.15) is 0 Å². The van der Waals surface area contributed by atoms with E-state index in [-0.39, 0.29) is 5.41 Å². The summed E-state index contributed by atoms with van der Waals surface area (Å²) in [7, 11) is -1.77. The lowest BCUT2D eigenvalue weighted by atomic mass is 9.78. The van der Waals surface area contributed by atoms with Gasteiger partial charge in [0.15, 0.2) is 0 Å². The Morgan fingerprint density at radius 2 is 1.21 bits per heavy atom. The van der Waals surface area contributed by atoms with E-state index in [1.807, 2.05) is 0 Å². The molecule has 0 unspecified atom stereocenters. The highest BCUT2D eigenvalue weighted by atomic mass is 28.3. The second-order valence-electron chi connectivity index (χ2n) is 11.4. The van der Waals surface area contributed by atoms with E-state index in [0.717, 1.165) is 0 Å². The van der Waals surface area contributed by atoms with Crippen LogP contribution in [0.5, 0.6) is 0 Å². The Balaban J connectivity index is 1.57. The first-order chi connectivity index (χ1) is 16.4. The van der Waals surface area contributed by atoms with Crippen molar-refractivity contribution in [3.05, 3.63) is 96.1 Å². The van der Waals surface area contributed by atoms with E-state index in [1.54, 1.807) is 10.4 Å². The molecular formula is C33H26Si. The molecule has 1 aliphatic carbocycles. The van der Waals surface area contributed by atoms with E-state index in [0.29, 0.717) is 0 Å². The van der Waals surface area contributed by atoms with Gasteiger partial charge in [-0.25, -0.2) is 0 Å². The maximum atomic E-state index is 2.53. The highest BCUT2D eigenvalue weighted by molar-refractivity contribution is 7.05. The summed E-state index contributed by atoms with van der Waals surface area (Å²) in [5.74, 6) is 0. The van der Waals surface area contributed by atoms with Crippen LogP contribution in [0.2, 0.25) is 13.1 Å². The molecule has 0 aromatic heterocycles. The zero-order chi connectivity index (χ0) is 23.0. The van der Waals surface area contributed by atoms with Gasteiger partial charge in [-0.05, 0) is 88.2 Å². The SMILES string of the molecule is CC1(C)c2ccccc2-c2cc3ccc4cc5c(c6ccc(c21)c3c46)[Si](C)(C)c1ccccc1-5. The van der Waals surface area contributed by atoms with Gasteiger partial charge in [-0.3, -0.25) is 0 Å². The summed E-state index contributed by atoms with van der Waals surface area (Å²) in [4.78, 5) is 0. The number of hydrogen-bond acceptors (Lipinski definition) is 0. The fourth-order valence-corrected chi connectivity index (χ4v) is 11.0. The average molecular weight is 451 g/mol. The van der Waals surface area contributed by atoms with Gasteiger partial charge in [0.1, 0.15) is 8.07 Å². The zero-order valence-corrected chi connectivity index (χ0v) is 21.1. The van der Waals surface area contributed by atoms with Crippen LogP contribution in [0.1, 0.15) is 25.0 Å². The molecule has 162 valence electrons. The monoisotopic (exact) mass is 450 g/mol. The van der Waals surface area contributed by atoms with Gasteiger partial charge in [0, 0.05) is 5.41 Å². The molecule has 0 radical (unpaired) electrons. The average Bonchev–Trinajstić information content (AvgIpc) is 3.22. The lowest BCUT2D eigenvalue weighted by Crippen LogP contribution is -2.49. The molecule has 1 heteroatoms. The molecule has 34 heavy (non-hydrogen) atoms. The Morgan fingerprint density at radius 3 is 2.00 bits per heavy atom. The van der Waals surface area contributed by atoms with Crippen molar-refractivity contribution in [3.63, 3.8) is 0 Å². The normalized spacial score (nSPS) is 16.7. The molecule has 8 rings (SSSR count). The van der Waals surface area contributed by atoms with E-state index >= 15 is 0 Å². The third-order valence-corrected chi connectivity index (χ3v) is 12.5. The fraction of sp³-hybridized carbons (Fsp3) is 0.152. The molecule has 0 bridgehead atoms. The van der Waals surface area contributed by atoms with Crippen LogP contribution in [-0.4, -0.2) is 8.07 Å². The number of fused-ring (bicyclic) bond motifs is 8. The first-order valence-electron chi connectivity index (χ1n) is 12.4. The highest BCUT2D eigenvalue weighted by Gasteiger charge is 2.40. The van der Waals surface area contributed by atoms with Gasteiger partial charge in [0.25, 0.3) is 0 Å². The van der Waals surface area contributed by atoms with Crippen LogP contribution < -0.4 is 10.4 Å². The number of hydrogen-bond donors (Lipinski definition) is 0. The van der Waals surface area contributed by atoms with Crippen molar-refractivity contribution in [1.82, 2.24) is 0 Å². The Labute approximate surface area is 201 Å². The second kappa shape index (κ2) is 5.79. The predicted octanol–water partition coefficient (Wildman–Crippen LogP) is 7.69. The summed E-state index contributed by atoms with van der Waals surface area (Å²) < 4.78 is 0. The first kappa shape index (κ1) is 18.9. The van der Waals surface area contributed by atoms with Crippen LogP contribution in [0.3, 0.4) is 0 Å².